The van der Waals surface area contributed by atoms with E-state index in [1.54, 1.807) is 26.8 Å². The highest BCUT2D eigenvalue weighted by Gasteiger charge is 2.37. The van der Waals surface area contributed by atoms with Crippen LogP contribution in [0.1, 0.15) is 41.3 Å². The Hall–Kier alpha value is -1.40. The first-order valence-corrected chi connectivity index (χ1v) is 8.09. The lowest BCUT2D eigenvalue weighted by Gasteiger charge is -2.21. The summed E-state index contributed by atoms with van der Waals surface area (Å²) in [5.41, 5.74) is 1.20. The first-order valence-electron chi connectivity index (χ1n) is 6.65. The molecule has 1 aliphatic carbocycles. The zero-order chi connectivity index (χ0) is 15.1. The number of aryl methyl sites for hydroxylation is 2. The summed E-state index contributed by atoms with van der Waals surface area (Å²) in [4.78, 5) is 11.3. The van der Waals surface area contributed by atoms with Crippen molar-refractivity contribution in [3.05, 3.63) is 28.8 Å². The molecule has 0 aliphatic heterocycles. The fourth-order valence-corrected chi connectivity index (χ4v) is 4.38. The number of carboxylic acids is 1. The van der Waals surface area contributed by atoms with Crippen LogP contribution in [0.5, 0.6) is 0 Å². The average molecular weight is 297 g/mol. The number of hydrogen-bond donors (Lipinski definition) is 1. The highest BCUT2D eigenvalue weighted by molar-refractivity contribution is 7.89. The third kappa shape index (κ3) is 2.58. The number of carbonyl (C=O) groups is 1. The topological polar surface area (TPSA) is 74.7 Å². The smallest absolute Gasteiger partial charge is 0.335 e. The summed E-state index contributed by atoms with van der Waals surface area (Å²) in [5.74, 6) is -1.10. The van der Waals surface area contributed by atoms with Gasteiger partial charge in [-0.15, -0.1) is 0 Å². The van der Waals surface area contributed by atoms with Crippen LogP contribution >= 0.6 is 0 Å². The molecule has 1 aliphatic rings. The van der Waals surface area contributed by atoms with Gasteiger partial charge in [0, 0.05) is 12.6 Å². The van der Waals surface area contributed by atoms with Crippen LogP contribution in [-0.2, 0) is 10.0 Å². The molecule has 5 nitrogen and oxygen atoms in total. The highest BCUT2D eigenvalue weighted by Crippen LogP contribution is 2.33. The summed E-state index contributed by atoms with van der Waals surface area (Å²) >= 11 is 0. The van der Waals surface area contributed by atoms with Crippen LogP contribution in [0.4, 0.5) is 0 Å². The second-order valence-corrected chi connectivity index (χ2v) is 7.04. The van der Waals surface area contributed by atoms with E-state index in [0.717, 1.165) is 12.8 Å². The van der Waals surface area contributed by atoms with E-state index in [1.807, 2.05) is 0 Å². The van der Waals surface area contributed by atoms with Crippen molar-refractivity contribution in [3.63, 3.8) is 0 Å². The fraction of sp³-hybridized carbons (Fsp3) is 0.500. The summed E-state index contributed by atoms with van der Waals surface area (Å²) in [7, 11) is -3.62. The van der Waals surface area contributed by atoms with Crippen LogP contribution in [0.3, 0.4) is 0 Å². The Morgan fingerprint density at radius 1 is 1.30 bits per heavy atom. The molecule has 0 spiro atoms. The van der Waals surface area contributed by atoms with E-state index in [2.05, 4.69) is 0 Å². The number of sulfonamides is 1. The molecule has 1 saturated carbocycles. The molecule has 1 N–H and O–H groups in total. The van der Waals surface area contributed by atoms with Crippen molar-refractivity contribution in [2.45, 2.75) is 44.6 Å². The number of rotatable bonds is 5. The van der Waals surface area contributed by atoms with Crippen LogP contribution in [0.15, 0.2) is 17.0 Å². The first kappa shape index (κ1) is 15.0. The van der Waals surface area contributed by atoms with Crippen molar-refractivity contribution in [1.82, 2.24) is 4.31 Å². The van der Waals surface area contributed by atoms with Gasteiger partial charge in [0.15, 0.2) is 0 Å². The van der Waals surface area contributed by atoms with Gasteiger partial charge in [-0.1, -0.05) is 13.0 Å². The van der Waals surface area contributed by atoms with E-state index in [0.29, 0.717) is 17.7 Å². The van der Waals surface area contributed by atoms with Crippen molar-refractivity contribution >= 4 is 16.0 Å². The van der Waals surface area contributed by atoms with Gasteiger partial charge in [0.05, 0.1) is 10.5 Å². The Morgan fingerprint density at radius 3 is 2.35 bits per heavy atom. The van der Waals surface area contributed by atoms with E-state index in [-0.39, 0.29) is 16.5 Å². The molecule has 110 valence electrons. The van der Waals surface area contributed by atoms with E-state index in [9.17, 15) is 13.2 Å². The minimum atomic E-state index is -3.62. The van der Waals surface area contributed by atoms with Crippen LogP contribution in [-0.4, -0.2) is 36.4 Å². The highest BCUT2D eigenvalue weighted by atomic mass is 32.2. The standard InChI is InChI=1S/C14H19NO4S/c1-4-15(11-5-6-11)20(18,19)13-8-12(14(16)17)9(2)7-10(13)3/h7-8,11H,4-6H2,1-3H3,(H,16,17). The SMILES string of the molecule is CCN(C1CC1)S(=O)(=O)c1cc(C(=O)O)c(C)cc1C. The Bertz CT molecular complexity index is 647. The maximum atomic E-state index is 12.7. The van der Waals surface area contributed by atoms with Gasteiger partial charge in [0.1, 0.15) is 0 Å². The molecule has 0 radical (unpaired) electrons. The lowest BCUT2D eigenvalue weighted by atomic mass is 10.1. The molecule has 6 heteroatoms. The normalized spacial score (nSPS) is 15.6. The number of carboxylic acid groups (broad SMARTS) is 1. The minimum Gasteiger partial charge on any atom is -0.478 e. The first-order chi connectivity index (χ1) is 9.28. The summed E-state index contributed by atoms with van der Waals surface area (Å²) < 4.78 is 26.8. The van der Waals surface area contributed by atoms with Gasteiger partial charge in [0.25, 0.3) is 0 Å². The molecule has 0 aromatic heterocycles. The van der Waals surface area contributed by atoms with E-state index >= 15 is 0 Å². The van der Waals surface area contributed by atoms with Crippen molar-refractivity contribution in [1.29, 1.82) is 0 Å². The molecular formula is C14H19NO4S. The van der Waals surface area contributed by atoms with Crippen molar-refractivity contribution < 1.29 is 18.3 Å². The van der Waals surface area contributed by atoms with Crippen LogP contribution in [0.25, 0.3) is 0 Å². The van der Waals surface area contributed by atoms with Gasteiger partial charge >= 0.3 is 5.97 Å². The zero-order valence-electron chi connectivity index (χ0n) is 11.9. The Kier molecular flexibility index (Phi) is 3.88. The number of aromatic carboxylic acids is 1. The Balaban J connectivity index is 2.56. The molecule has 0 atom stereocenters. The average Bonchev–Trinajstić information content (AvgIpc) is 3.12. The molecule has 0 amide bonds. The largest absolute Gasteiger partial charge is 0.478 e. The van der Waals surface area contributed by atoms with E-state index in [1.165, 1.54) is 10.4 Å². The van der Waals surface area contributed by atoms with Crippen LogP contribution in [0, 0.1) is 13.8 Å². The quantitative estimate of drug-likeness (QED) is 0.904. The summed E-state index contributed by atoms with van der Waals surface area (Å²) in [6.07, 6.45) is 1.76. The second kappa shape index (κ2) is 5.18. The summed E-state index contributed by atoms with van der Waals surface area (Å²) in [6.45, 7) is 5.58. The van der Waals surface area contributed by atoms with Gasteiger partial charge in [-0.25, -0.2) is 13.2 Å². The number of benzene rings is 1. The van der Waals surface area contributed by atoms with Crippen molar-refractivity contribution in [2.24, 2.45) is 0 Å². The fourth-order valence-electron chi connectivity index (χ4n) is 2.45. The predicted molar refractivity (Wildman–Crippen MR) is 75.5 cm³/mol. The molecule has 0 heterocycles. The number of nitrogens with zero attached hydrogens (tertiary/aromatic N) is 1. The third-order valence-electron chi connectivity index (χ3n) is 3.60. The molecule has 1 aromatic rings. The maximum Gasteiger partial charge on any atom is 0.335 e. The van der Waals surface area contributed by atoms with Crippen LogP contribution in [0.2, 0.25) is 0 Å². The Morgan fingerprint density at radius 2 is 1.90 bits per heavy atom. The molecule has 0 bridgehead atoms. The Labute approximate surface area is 119 Å². The molecule has 20 heavy (non-hydrogen) atoms. The van der Waals surface area contributed by atoms with Gasteiger partial charge in [0.2, 0.25) is 10.0 Å². The predicted octanol–water partition coefficient (Wildman–Crippen LogP) is 2.17. The second-order valence-electron chi connectivity index (χ2n) is 5.18. The van der Waals surface area contributed by atoms with Gasteiger partial charge < -0.3 is 5.11 Å². The monoisotopic (exact) mass is 297 g/mol. The summed E-state index contributed by atoms with van der Waals surface area (Å²) in [6, 6.07) is 2.98. The lowest BCUT2D eigenvalue weighted by molar-refractivity contribution is 0.0696. The van der Waals surface area contributed by atoms with Gasteiger partial charge in [-0.05, 0) is 43.9 Å². The van der Waals surface area contributed by atoms with Crippen molar-refractivity contribution in [3.8, 4) is 0 Å². The van der Waals surface area contributed by atoms with Crippen molar-refractivity contribution in [2.75, 3.05) is 6.54 Å². The lowest BCUT2D eigenvalue weighted by Crippen LogP contribution is -2.33. The molecule has 0 unspecified atom stereocenters. The third-order valence-corrected chi connectivity index (χ3v) is 5.77. The molecule has 1 aromatic carbocycles. The number of hydrogen-bond acceptors (Lipinski definition) is 3. The van der Waals surface area contributed by atoms with E-state index in [4.69, 9.17) is 5.11 Å². The molecular weight excluding hydrogens is 278 g/mol. The minimum absolute atomic E-state index is 0.0426. The summed E-state index contributed by atoms with van der Waals surface area (Å²) in [5, 5.41) is 9.16. The molecule has 2 rings (SSSR count). The maximum absolute atomic E-state index is 12.7. The van der Waals surface area contributed by atoms with Crippen LogP contribution < -0.4 is 0 Å². The molecule has 0 saturated heterocycles. The van der Waals surface area contributed by atoms with Gasteiger partial charge in [-0.2, -0.15) is 4.31 Å². The van der Waals surface area contributed by atoms with Gasteiger partial charge in [-0.3, -0.25) is 0 Å². The van der Waals surface area contributed by atoms with E-state index < -0.39 is 16.0 Å². The molecule has 1 fully saturated rings. The zero-order valence-corrected chi connectivity index (χ0v) is 12.7.